The lowest BCUT2D eigenvalue weighted by Gasteiger charge is -2.14. The molecule has 0 atom stereocenters. The maximum absolute atomic E-state index is 9.03. The summed E-state index contributed by atoms with van der Waals surface area (Å²) in [7, 11) is 0. The molecule has 18 heavy (non-hydrogen) atoms. The summed E-state index contributed by atoms with van der Waals surface area (Å²) in [6, 6.07) is 7.54. The van der Waals surface area contributed by atoms with Gasteiger partial charge in [0.1, 0.15) is 6.07 Å². The number of hydrogen-bond acceptors (Lipinski definition) is 2. The zero-order valence-corrected chi connectivity index (χ0v) is 11.1. The normalized spacial score (nSPS) is 14.8. The highest BCUT2D eigenvalue weighted by Crippen LogP contribution is 2.22. The Labute approximate surface area is 113 Å². The highest BCUT2D eigenvalue weighted by atomic mass is 35.5. The summed E-state index contributed by atoms with van der Waals surface area (Å²) in [5, 5.41) is 13.0. The molecule has 2 nitrogen and oxygen atoms in total. The largest absolute Gasteiger partial charge is 0.384 e. The van der Waals surface area contributed by atoms with Crippen LogP contribution in [0.25, 0.3) is 0 Å². The number of anilines is 1. The molecule has 0 unspecified atom stereocenters. The van der Waals surface area contributed by atoms with E-state index in [9.17, 15) is 0 Å². The fraction of sp³-hybridized carbons (Fsp3) is 0.400. The Morgan fingerprint density at radius 1 is 1.33 bits per heavy atom. The molecule has 0 saturated carbocycles. The number of nitrogens with zero attached hydrogens (tertiary/aromatic N) is 1. The molecular weight excluding hydrogens is 244 g/mol. The number of nitriles is 1. The van der Waals surface area contributed by atoms with E-state index in [4.69, 9.17) is 16.9 Å². The van der Waals surface area contributed by atoms with Crippen LogP contribution in [0.2, 0.25) is 5.02 Å². The van der Waals surface area contributed by atoms with Crippen LogP contribution in [0.3, 0.4) is 0 Å². The van der Waals surface area contributed by atoms with Crippen LogP contribution < -0.4 is 5.32 Å². The third kappa shape index (κ3) is 3.51. The third-order valence-corrected chi connectivity index (χ3v) is 3.48. The predicted molar refractivity (Wildman–Crippen MR) is 75.8 cm³/mol. The monoisotopic (exact) mass is 260 g/mol. The summed E-state index contributed by atoms with van der Waals surface area (Å²) in [5.74, 6) is 0. The molecule has 3 heteroatoms. The topological polar surface area (TPSA) is 35.8 Å². The molecule has 0 heterocycles. The van der Waals surface area contributed by atoms with Crippen molar-refractivity contribution in [2.24, 2.45) is 0 Å². The first-order chi connectivity index (χ1) is 8.79. The van der Waals surface area contributed by atoms with Gasteiger partial charge in [0.05, 0.1) is 11.3 Å². The Morgan fingerprint density at radius 2 is 2.22 bits per heavy atom. The van der Waals surface area contributed by atoms with Crippen LogP contribution in [-0.4, -0.2) is 6.54 Å². The van der Waals surface area contributed by atoms with E-state index in [2.05, 4.69) is 17.5 Å². The van der Waals surface area contributed by atoms with Crippen LogP contribution in [0.15, 0.2) is 29.8 Å². The summed E-state index contributed by atoms with van der Waals surface area (Å²) in [5.41, 5.74) is 3.03. The lowest BCUT2D eigenvalue weighted by atomic mass is 9.97. The molecule has 0 aromatic heterocycles. The lowest BCUT2D eigenvalue weighted by Crippen LogP contribution is -2.05. The van der Waals surface area contributed by atoms with E-state index in [-0.39, 0.29) is 0 Å². The first-order valence-corrected chi connectivity index (χ1v) is 6.79. The Kier molecular flexibility index (Phi) is 4.66. The third-order valence-electron chi connectivity index (χ3n) is 3.25. The van der Waals surface area contributed by atoms with Crippen molar-refractivity contribution in [3.8, 4) is 6.07 Å². The van der Waals surface area contributed by atoms with Crippen molar-refractivity contribution >= 4 is 17.3 Å². The molecular formula is C15H17ClN2. The average Bonchev–Trinajstić information content (AvgIpc) is 2.41. The predicted octanol–water partition coefficient (Wildman–Crippen LogP) is 4.51. The van der Waals surface area contributed by atoms with Gasteiger partial charge in [0.15, 0.2) is 0 Å². The van der Waals surface area contributed by atoms with Crippen molar-refractivity contribution in [3.05, 3.63) is 40.4 Å². The maximum Gasteiger partial charge on any atom is 0.101 e. The van der Waals surface area contributed by atoms with Crippen molar-refractivity contribution in [1.29, 1.82) is 5.26 Å². The second-order valence-electron chi connectivity index (χ2n) is 4.59. The van der Waals surface area contributed by atoms with E-state index in [0.717, 1.165) is 18.7 Å². The van der Waals surface area contributed by atoms with Gasteiger partial charge >= 0.3 is 0 Å². The maximum atomic E-state index is 9.03. The van der Waals surface area contributed by atoms with Crippen LogP contribution in [0.4, 0.5) is 5.69 Å². The minimum atomic E-state index is 0.604. The zero-order valence-electron chi connectivity index (χ0n) is 10.4. The minimum absolute atomic E-state index is 0.604. The molecule has 0 amide bonds. The molecule has 1 aliphatic rings. The molecule has 0 aliphatic heterocycles. The van der Waals surface area contributed by atoms with Crippen LogP contribution in [-0.2, 0) is 0 Å². The minimum Gasteiger partial charge on any atom is -0.384 e. The molecule has 0 bridgehead atoms. The summed E-state index contributed by atoms with van der Waals surface area (Å²) in [6.45, 7) is 0.877. The van der Waals surface area contributed by atoms with Gasteiger partial charge in [-0.1, -0.05) is 23.3 Å². The van der Waals surface area contributed by atoms with Crippen LogP contribution >= 0.6 is 11.6 Å². The second kappa shape index (κ2) is 6.47. The molecule has 1 aromatic carbocycles. The van der Waals surface area contributed by atoms with E-state index < -0.39 is 0 Å². The van der Waals surface area contributed by atoms with Gasteiger partial charge in [-0.05, 0) is 50.3 Å². The van der Waals surface area contributed by atoms with Gasteiger partial charge in [0.25, 0.3) is 0 Å². The van der Waals surface area contributed by atoms with Crippen LogP contribution in [0, 0.1) is 11.3 Å². The quantitative estimate of drug-likeness (QED) is 0.809. The van der Waals surface area contributed by atoms with Gasteiger partial charge in [-0.15, -0.1) is 0 Å². The first-order valence-electron chi connectivity index (χ1n) is 6.41. The first kappa shape index (κ1) is 13.0. The summed E-state index contributed by atoms with van der Waals surface area (Å²) < 4.78 is 0. The molecule has 0 fully saturated rings. The lowest BCUT2D eigenvalue weighted by molar-refractivity contribution is 0.679. The van der Waals surface area contributed by atoms with E-state index >= 15 is 0 Å². The van der Waals surface area contributed by atoms with Gasteiger partial charge in [-0.3, -0.25) is 0 Å². The highest BCUT2D eigenvalue weighted by molar-refractivity contribution is 6.30. The average molecular weight is 261 g/mol. The fourth-order valence-corrected chi connectivity index (χ4v) is 2.42. The van der Waals surface area contributed by atoms with Crippen molar-refractivity contribution < 1.29 is 0 Å². The van der Waals surface area contributed by atoms with Crippen molar-refractivity contribution in [2.75, 3.05) is 11.9 Å². The number of allylic oxidation sites excluding steroid dienone is 1. The van der Waals surface area contributed by atoms with E-state index in [1.165, 1.54) is 25.7 Å². The number of nitrogens with one attached hydrogen (secondary N) is 1. The Bertz CT molecular complexity index is 486. The number of halogens is 1. The molecule has 1 aliphatic carbocycles. The van der Waals surface area contributed by atoms with E-state index in [1.807, 2.05) is 12.1 Å². The number of hydrogen-bond donors (Lipinski definition) is 1. The highest BCUT2D eigenvalue weighted by Gasteiger charge is 2.05. The molecule has 1 aromatic rings. The Balaban J connectivity index is 1.90. The number of benzene rings is 1. The smallest absolute Gasteiger partial charge is 0.101 e. The van der Waals surface area contributed by atoms with E-state index in [1.54, 1.807) is 11.6 Å². The molecule has 0 saturated heterocycles. The molecule has 1 N–H and O–H groups in total. The van der Waals surface area contributed by atoms with E-state index in [0.29, 0.717) is 10.6 Å². The molecule has 0 radical (unpaired) electrons. The molecule has 0 spiro atoms. The van der Waals surface area contributed by atoms with Gasteiger partial charge in [0.2, 0.25) is 0 Å². The van der Waals surface area contributed by atoms with Crippen molar-refractivity contribution in [1.82, 2.24) is 0 Å². The second-order valence-corrected chi connectivity index (χ2v) is 5.02. The number of rotatable bonds is 4. The van der Waals surface area contributed by atoms with Gasteiger partial charge < -0.3 is 5.32 Å². The summed E-state index contributed by atoms with van der Waals surface area (Å²) >= 11 is 5.86. The van der Waals surface area contributed by atoms with Crippen LogP contribution in [0.5, 0.6) is 0 Å². The summed E-state index contributed by atoms with van der Waals surface area (Å²) in [4.78, 5) is 0. The summed E-state index contributed by atoms with van der Waals surface area (Å²) in [6.07, 6.45) is 8.52. The fourth-order valence-electron chi connectivity index (χ4n) is 2.25. The van der Waals surface area contributed by atoms with Crippen molar-refractivity contribution in [3.63, 3.8) is 0 Å². The Morgan fingerprint density at radius 3 is 2.94 bits per heavy atom. The van der Waals surface area contributed by atoms with Crippen molar-refractivity contribution in [2.45, 2.75) is 32.1 Å². The molecule has 94 valence electrons. The van der Waals surface area contributed by atoms with Gasteiger partial charge in [-0.2, -0.15) is 5.26 Å². The molecule has 2 rings (SSSR count). The van der Waals surface area contributed by atoms with Gasteiger partial charge in [0, 0.05) is 11.6 Å². The Hall–Kier alpha value is -1.46. The van der Waals surface area contributed by atoms with Crippen LogP contribution in [0.1, 0.15) is 37.7 Å². The zero-order chi connectivity index (χ0) is 12.8. The van der Waals surface area contributed by atoms with Gasteiger partial charge in [-0.25, -0.2) is 0 Å². The standard InChI is InChI=1S/C15H17ClN2/c16-14-6-7-15(13(10-14)11-17)18-9-8-12-4-2-1-3-5-12/h4,6-7,10,18H,1-3,5,8-9H2. The SMILES string of the molecule is N#Cc1cc(Cl)ccc1NCCC1=CCCCC1.